The molecule has 2 heterocycles. The van der Waals surface area contributed by atoms with Crippen molar-refractivity contribution in [3.8, 4) is 5.75 Å². The summed E-state index contributed by atoms with van der Waals surface area (Å²) in [5.41, 5.74) is 8.08. The molecular formula is C21H24N6O. The predicted octanol–water partition coefficient (Wildman–Crippen LogP) is 3.16. The number of benzene rings is 2. The third kappa shape index (κ3) is 3.19. The smallest absolute Gasteiger partial charge is 0.235 e. The highest BCUT2D eigenvalue weighted by Crippen LogP contribution is 2.32. The fraction of sp³-hybridized carbons (Fsp3) is 0.286. The number of hydrogen-bond acceptors (Lipinski definition) is 7. The van der Waals surface area contributed by atoms with E-state index in [0.717, 1.165) is 16.7 Å². The lowest BCUT2D eigenvalue weighted by atomic mass is 10.2. The Hall–Kier alpha value is -3.35. The molecule has 2 atom stereocenters. The molecule has 1 aliphatic rings. The van der Waals surface area contributed by atoms with E-state index >= 15 is 0 Å². The summed E-state index contributed by atoms with van der Waals surface area (Å²) in [6.07, 6.45) is 0. The van der Waals surface area contributed by atoms with Crippen molar-refractivity contribution in [3.63, 3.8) is 0 Å². The van der Waals surface area contributed by atoms with E-state index in [2.05, 4.69) is 29.4 Å². The van der Waals surface area contributed by atoms with Gasteiger partial charge < -0.3 is 15.8 Å². The van der Waals surface area contributed by atoms with Gasteiger partial charge in [-0.15, -0.1) is 0 Å². The highest BCUT2D eigenvalue weighted by atomic mass is 16.5. The Bertz CT molecular complexity index is 1020. The lowest BCUT2D eigenvalue weighted by Crippen LogP contribution is -2.41. The van der Waals surface area contributed by atoms with Gasteiger partial charge in [0.15, 0.2) is 5.96 Å². The fourth-order valence-electron chi connectivity index (χ4n) is 3.39. The minimum atomic E-state index is 0.0779. The summed E-state index contributed by atoms with van der Waals surface area (Å²) in [5, 5.41) is 4.34. The monoisotopic (exact) mass is 376 g/mol. The van der Waals surface area contributed by atoms with Gasteiger partial charge in [0.1, 0.15) is 17.1 Å². The number of ether oxygens (including phenoxy) is 1. The van der Waals surface area contributed by atoms with Gasteiger partial charge in [0.25, 0.3) is 0 Å². The van der Waals surface area contributed by atoms with Crippen molar-refractivity contribution < 1.29 is 4.74 Å². The molecule has 2 aromatic carbocycles. The molecule has 0 saturated carbocycles. The van der Waals surface area contributed by atoms with Crippen molar-refractivity contribution in [1.82, 2.24) is 9.97 Å². The van der Waals surface area contributed by atoms with Crippen LogP contribution in [0.4, 0.5) is 11.8 Å². The van der Waals surface area contributed by atoms with Gasteiger partial charge in [-0.3, -0.25) is 4.90 Å². The minimum Gasteiger partial charge on any atom is -0.494 e. The van der Waals surface area contributed by atoms with Crippen LogP contribution in [0.3, 0.4) is 0 Å². The number of aromatic nitrogens is 2. The molecule has 0 spiro atoms. The van der Waals surface area contributed by atoms with E-state index in [-0.39, 0.29) is 12.1 Å². The van der Waals surface area contributed by atoms with Gasteiger partial charge in [-0.05, 0) is 31.5 Å². The Morgan fingerprint density at radius 1 is 1.07 bits per heavy atom. The van der Waals surface area contributed by atoms with Crippen molar-refractivity contribution in [2.45, 2.75) is 32.5 Å². The van der Waals surface area contributed by atoms with Crippen molar-refractivity contribution in [2.75, 3.05) is 17.3 Å². The number of para-hydroxylation sites is 1. The van der Waals surface area contributed by atoms with Gasteiger partial charge in [-0.1, -0.05) is 36.4 Å². The zero-order valence-corrected chi connectivity index (χ0v) is 16.3. The molecule has 3 N–H and O–H groups in total. The highest BCUT2D eigenvalue weighted by molar-refractivity contribution is 5.99. The van der Waals surface area contributed by atoms with Crippen LogP contribution in [0.5, 0.6) is 5.75 Å². The van der Waals surface area contributed by atoms with Crippen LogP contribution in [-0.4, -0.2) is 35.1 Å². The first-order valence-corrected chi connectivity index (χ1v) is 9.33. The molecule has 1 aliphatic heterocycles. The largest absolute Gasteiger partial charge is 0.494 e. The molecular weight excluding hydrogens is 352 g/mol. The normalized spacial score (nSPS) is 19.0. The summed E-state index contributed by atoms with van der Waals surface area (Å²) >= 11 is 0. The van der Waals surface area contributed by atoms with Gasteiger partial charge in [-0.2, -0.15) is 4.98 Å². The molecule has 1 aromatic heterocycles. The standard InChI is InChI=1S/C21H24N6O/c1-13-14(2)27(20(22)24-13)21-25-18-16(10-7-11-17(18)28-3)19(26-21)23-12-15-8-5-4-6-9-15/h4-11,13-14H,12H2,1-3H3,(H2,22,24)(H,23,25,26). The Morgan fingerprint density at radius 3 is 2.54 bits per heavy atom. The lowest BCUT2D eigenvalue weighted by Gasteiger charge is -2.24. The van der Waals surface area contributed by atoms with Crippen LogP contribution < -0.4 is 20.7 Å². The summed E-state index contributed by atoms with van der Waals surface area (Å²) in [5.74, 6) is 2.38. The molecule has 7 heteroatoms. The third-order valence-electron chi connectivity index (χ3n) is 5.10. The van der Waals surface area contributed by atoms with Crippen LogP contribution in [0.25, 0.3) is 10.9 Å². The van der Waals surface area contributed by atoms with E-state index in [4.69, 9.17) is 20.4 Å². The molecule has 3 aromatic rings. The molecule has 4 rings (SSSR count). The van der Waals surface area contributed by atoms with Gasteiger partial charge in [0.2, 0.25) is 5.95 Å². The number of rotatable bonds is 5. The molecule has 2 unspecified atom stereocenters. The maximum absolute atomic E-state index is 6.17. The first kappa shape index (κ1) is 18.0. The summed E-state index contributed by atoms with van der Waals surface area (Å²) in [6.45, 7) is 4.76. The number of methoxy groups -OCH3 is 1. The van der Waals surface area contributed by atoms with Crippen LogP contribution in [0.15, 0.2) is 53.5 Å². The second-order valence-corrected chi connectivity index (χ2v) is 6.91. The zero-order valence-electron chi connectivity index (χ0n) is 16.3. The average Bonchev–Trinajstić information content (AvgIpc) is 2.97. The number of nitrogens with two attached hydrogens (primary N) is 1. The fourth-order valence-corrected chi connectivity index (χ4v) is 3.39. The number of guanidine groups is 1. The topological polar surface area (TPSA) is 88.7 Å². The van der Waals surface area contributed by atoms with Crippen LogP contribution in [0.2, 0.25) is 0 Å². The molecule has 7 nitrogen and oxygen atoms in total. The number of aliphatic imine (C=N–C) groups is 1. The van der Waals surface area contributed by atoms with Crippen molar-refractivity contribution in [1.29, 1.82) is 0 Å². The minimum absolute atomic E-state index is 0.0779. The average molecular weight is 376 g/mol. The third-order valence-corrected chi connectivity index (χ3v) is 5.10. The second kappa shape index (κ2) is 7.34. The molecule has 28 heavy (non-hydrogen) atoms. The molecule has 0 aliphatic carbocycles. The lowest BCUT2D eigenvalue weighted by molar-refractivity contribution is 0.419. The van der Waals surface area contributed by atoms with E-state index < -0.39 is 0 Å². The van der Waals surface area contributed by atoms with Crippen molar-refractivity contribution >= 4 is 28.6 Å². The Kier molecular flexibility index (Phi) is 4.73. The molecule has 144 valence electrons. The highest BCUT2D eigenvalue weighted by Gasteiger charge is 2.32. The van der Waals surface area contributed by atoms with Gasteiger partial charge in [0.05, 0.1) is 19.2 Å². The van der Waals surface area contributed by atoms with E-state index in [9.17, 15) is 0 Å². The maximum atomic E-state index is 6.17. The van der Waals surface area contributed by atoms with Crippen LogP contribution >= 0.6 is 0 Å². The summed E-state index contributed by atoms with van der Waals surface area (Å²) < 4.78 is 5.54. The van der Waals surface area contributed by atoms with Crippen molar-refractivity contribution in [2.24, 2.45) is 10.7 Å². The quantitative estimate of drug-likeness (QED) is 0.711. The van der Waals surface area contributed by atoms with E-state index in [0.29, 0.717) is 24.2 Å². The number of anilines is 2. The van der Waals surface area contributed by atoms with E-state index in [1.165, 1.54) is 5.56 Å². The van der Waals surface area contributed by atoms with Crippen LogP contribution in [0, 0.1) is 0 Å². The first-order valence-electron chi connectivity index (χ1n) is 9.33. The van der Waals surface area contributed by atoms with Crippen molar-refractivity contribution in [3.05, 3.63) is 54.1 Å². The van der Waals surface area contributed by atoms with E-state index in [1.54, 1.807) is 7.11 Å². The molecule has 0 fully saturated rings. The number of hydrogen-bond donors (Lipinski definition) is 2. The number of fused-ring (bicyclic) bond motifs is 1. The SMILES string of the molecule is COc1cccc2c(NCc3ccccc3)nc(N3C(N)=NC(C)C3C)nc12. The number of nitrogens with one attached hydrogen (secondary N) is 1. The van der Waals surface area contributed by atoms with Crippen LogP contribution in [-0.2, 0) is 6.54 Å². The van der Waals surface area contributed by atoms with Gasteiger partial charge in [-0.25, -0.2) is 9.98 Å². The Balaban J connectivity index is 1.80. The summed E-state index contributed by atoms with van der Waals surface area (Å²) in [7, 11) is 1.64. The first-order chi connectivity index (χ1) is 13.6. The summed E-state index contributed by atoms with van der Waals surface area (Å²) in [6, 6.07) is 16.2. The zero-order chi connectivity index (χ0) is 19.7. The molecule has 0 saturated heterocycles. The van der Waals surface area contributed by atoms with Gasteiger partial charge in [0, 0.05) is 11.9 Å². The number of nitrogens with zero attached hydrogens (tertiary/aromatic N) is 4. The van der Waals surface area contributed by atoms with Crippen LogP contribution in [0.1, 0.15) is 19.4 Å². The maximum Gasteiger partial charge on any atom is 0.235 e. The molecule has 0 radical (unpaired) electrons. The Labute approximate surface area is 164 Å². The molecule has 0 amide bonds. The van der Waals surface area contributed by atoms with Gasteiger partial charge >= 0.3 is 0 Å². The second-order valence-electron chi connectivity index (χ2n) is 6.91. The summed E-state index contributed by atoms with van der Waals surface area (Å²) in [4.78, 5) is 15.9. The predicted molar refractivity (Wildman–Crippen MR) is 113 cm³/mol. The molecule has 0 bridgehead atoms. The Morgan fingerprint density at radius 2 is 1.86 bits per heavy atom. The van der Waals surface area contributed by atoms with E-state index in [1.807, 2.05) is 48.2 Å².